The zero-order valence-corrected chi connectivity index (χ0v) is 17.5. The van der Waals surface area contributed by atoms with Gasteiger partial charge in [-0.05, 0) is 44.2 Å². The van der Waals surface area contributed by atoms with Gasteiger partial charge in [-0.3, -0.25) is 14.7 Å². The van der Waals surface area contributed by atoms with Crippen LogP contribution in [0.3, 0.4) is 0 Å². The number of fused-ring (bicyclic) bond motifs is 1. The minimum absolute atomic E-state index is 0.0293. The molecule has 1 atom stereocenters. The molecule has 0 radical (unpaired) electrons. The van der Waals surface area contributed by atoms with Gasteiger partial charge in [0.25, 0.3) is 0 Å². The summed E-state index contributed by atoms with van der Waals surface area (Å²) in [6.07, 6.45) is 2.78. The maximum Gasteiger partial charge on any atom is 0.309 e. The topological polar surface area (TPSA) is 57.2 Å². The van der Waals surface area contributed by atoms with Crippen molar-refractivity contribution in [3.05, 3.63) is 35.4 Å². The second kappa shape index (κ2) is 9.92. The van der Waals surface area contributed by atoms with Gasteiger partial charge in [0.2, 0.25) is 0 Å². The largest absolute Gasteiger partial charge is 0.466 e. The second-order valence-corrected chi connectivity index (χ2v) is 7.78. The highest BCUT2D eigenvalue weighted by atomic mass is 16.5. The predicted octanol–water partition coefficient (Wildman–Crippen LogP) is 2.28. The van der Waals surface area contributed by atoms with Crippen molar-refractivity contribution >= 4 is 11.9 Å². The summed E-state index contributed by atoms with van der Waals surface area (Å²) in [5.74, 6) is 0.914. The van der Waals surface area contributed by atoms with E-state index in [-0.39, 0.29) is 11.9 Å². The Morgan fingerprint density at radius 3 is 2.64 bits per heavy atom. The first kappa shape index (κ1) is 20.6. The average Bonchev–Trinajstić information content (AvgIpc) is 2.74. The van der Waals surface area contributed by atoms with Crippen molar-refractivity contribution < 1.29 is 9.53 Å². The third-order valence-corrected chi connectivity index (χ3v) is 5.97. The Balaban J connectivity index is 1.46. The minimum Gasteiger partial charge on any atom is -0.466 e. The molecule has 1 fully saturated rings. The zero-order chi connectivity index (χ0) is 19.9. The third-order valence-electron chi connectivity index (χ3n) is 5.97. The third kappa shape index (κ3) is 5.04. The first-order valence-corrected chi connectivity index (χ1v) is 10.6. The average molecular weight is 387 g/mol. The maximum absolute atomic E-state index is 11.9. The second-order valence-electron chi connectivity index (χ2n) is 7.78. The number of aliphatic imine (C=N–C) groups is 1. The molecule has 0 spiro atoms. The van der Waals surface area contributed by atoms with Gasteiger partial charge in [-0.2, -0.15) is 0 Å². The molecule has 1 unspecified atom stereocenters. The van der Waals surface area contributed by atoms with E-state index in [1.807, 2.05) is 14.0 Å². The number of likely N-dealkylation sites (tertiary alicyclic amines) is 1. The van der Waals surface area contributed by atoms with E-state index in [4.69, 9.17) is 4.74 Å². The van der Waals surface area contributed by atoms with E-state index in [9.17, 15) is 4.79 Å². The number of nitrogens with one attached hydrogen (secondary N) is 1. The number of ether oxygens (including phenoxy) is 1. The number of guanidine groups is 1. The van der Waals surface area contributed by atoms with Crippen LogP contribution in [0, 0.1) is 5.92 Å². The van der Waals surface area contributed by atoms with Gasteiger partial charge in [-0.15, -0.1) is 0 Å². The Labute approximate surface area is 168 Å². The number of hydrogen-bond acceptors (Lipinski definition) is 4. The van der Waals surface area contributed by atoms with E-state index in [0.29, 0.717) is 12.6 Å². The summed E-state index contributed by atoms with van der Waals surface area (Å²) in [6, 6.07) is 9.19. The molecule has 0 saturated carbocycles. The van der Waals surface area contributed by atoms with E-state index in [2.05, 4.69) is 51.3 Å². The van der Waals surface area contributed by atoms with Crippen LogP contribution in [0.5, 0.6) is 0 Å². The molecule has 0 bridgehead atoms. The summed E-state index contributed by atoms with van der Waals surface area (Å²) >= 11 is 0. The van der Waals surface area contributed by atoms with Crippen molar-refractivity contribution in [2.45, 2.75) is 45.7 Å². The van der Waals surface area contributed by atoms with Crippen molar-refractivity contribution in [3.63, 3.8) is 0 Å². The van der Waals surface area contributed by atoms with Gasteiger partial charge in [-0.1, -0.05) is 24.3 Å². The molecule has 3 rings (SSSR count). The number of esters is 1. The summed E-state index contributed by atoms with van der Waals surface area (Å²) in [6.45, 7) is 9.27. The van der Waals surface area contributed by atoms with E-state index in [0.717, 1.165) is 57.9 Å². The van der Waals surface area contributed by atoms with Crippen LogP contribution >= 0.6 is 0 Å². The van der Waals surface area contributed by atoms with Crippen LogP contribution in [0.15, 0.2) is 29.3 Å². The maximum atomic E-state index is 11.9. The standard InChI is InChI=1S/C22H34N4O2/c1-4-28-21(27)19-10-12-25(13-11-19)22(23-3)24-15-17(2)26-14-9-18-7-5-6-8-20(18)16-26/h5-8,17,19H,4,9-16H2,1-3H3,(H,23,24). The predicted molar refractivity (Wildman–Crippen MR) is 112 cm³/mol. The highest BCUT2D eigenvalue weighted by Gasteiger charge is 2.28. The fourth-order valence-electron chi connectivity index (χ4n) is 4.18. The lowest BCUT2D eigenvalue weighted by molar-refractivity contribution is -0.149. The van der Waals surface area contributed by atoms with Crippen molar-refractivity contribution in [2.24, 2.45) is 10.9 Å². The van der Waals surface area contributed by atoms with Crippen molar-refractivity contribution in [1.29, 1.82) is 0 Å². The quantitative estimate of drug-likeness (QED) is 0.478. The molecule has 0 amide bonds. The molecule has 6 heteroatoms. The smallest absolute Gasteiger partial charge is 0.309 e. The van der Waals surface area contributed by atoms with Gasteiger partial charge in [0, 0.05) is 45.8 Å². The summed E-state index contributed by atoms with van der Waals surface area (Å²) in [5.41, 5.74) is 2.94. The van der Waals surface area contributed by atoms with Crippen molar-refractivity contribution in [3.8, 4) is 0 Å². The van der Waals surface area contributed by atoms with E-state index in [1.54, 1.807) is 0 Å². The lowest BCUT2D eigenvalue weighted by Gasteiger charge is -2.36. The molecule has 1 aromatic rings. The normalized spacial score (nSPS) is 19.8. The highest BCUT2D eigenvalue weighted by molar-refractivity contribution is 5.80. The lowest BCUT2D eigenvalue weighted by atomic mass is 9.97. The SMILES string of the molecule is CCOC(=O)C1CCN(C(=NC)NCC(C)N2CCc3ccccc3C2)CC1. The van der Waals surface area contributed by atoms with Crippen LogP contribution in [0.1, 0.15) is 37.8 Å². The molecule has 0 aromatic heterocycles. The van der Waals surface area contributed by atoms with Gasteiger partial charge in [0.05, 0.1) is 12.5 Å². The molecule has 2 aliphatic rings. The molecule has 1 saturated heterocycles. The van der Waals surface area contributed by atoms with Gasteiger partial charge in [-0.25, -0.2) is 0 Å². The number of benzene rings is 1. The summed E-state index contributed by atoms with van der Waals surface area (Å²) in [5, 5.41) is 3.55. The van der Waals surface area contributed by atoms with Crippen LogP contribution in [0.25, 0.3) is 0 Å². The number of piperidine rings is 1. The van der Waals surface area contributed by atoms with Crippen LogP contribution in [0.2, 0.25) is 0 Å². The lowest BCUT2D eigenvalue weighted by Crippen LogP contribution is -2.50. The van der Waals surface area contributed by atoms with Gasteiger partial charge < -0.3 is 15.0 Å². The van der Waals surface area contributed by atoms with E-state index >= 15 is 0 Å². The summed E-state index contributed by atoms with van der Waals surface area (Å²) in [7, 11) is 1.83. The molecule has 1 aromatic carbocycles. The molecule has 28 heavy (non-hydrogen) atoms. The van der Waals surface area contributed by atoms with Crippen LogP contribution in [-0.4, -0.2) is 67.6 Å². The first-order chi connectivity index (χ1) is 13.6. The molecule has 0 aliphatic carbocycles. The number of rotatable bonds is 5. The molecule has 154 valence electrons. The fourth-order valence-corrected chi connectivity index (χ4v) is 4.18. The van der Waals surface area contributed by atoms with Gasteiger partial charge >= 0.3 is 5.97 Å². The van der Waals surface area contributed by atoms with Crippen LogP contribution in [-0.2, 0) is 22.5 Å². The summed E-state index contributed by atoms with van der Waals surface area (Å²) < 4.78 is 5.17. The Morgan fingerprint density at radius 1 is 1.25 bits per heavy atom. The Kier molecular flexibility index (Phi) is 7.31. The molecule has 2 heterocycles. The number of hydrogen-bond donors (Lipinski definition) is 1. The Bertz CT molecular complexity index is 683. The Morgan fingerprint density at radius 2 is 1.96 bits per heavy atom. The first-order valence-electron chi connectivity index (χ1n) is 10.6. The number of carbonyl (C=O) groups is 1. The molecule has 2 aliphatic heterocycles. The zero-order valence-electron chi connectivity index (χ0n) is 17.5. The fraction of sp³-hybridized carbons (Fsp3) is 0.636. The molecule has 1 N–H and O–H groups in total. The van der Waals surface area contributed by atoms with Crippen LogP contribution in [0.4, 0.5) is 0 Å². The van der Waals surface area contributed by atoms with Crippen molar-refractivity contribution in [1.82, 2.24) is 15.1 Å². The van der Waals surface area contributed by atoms with Crippen molar-refractivity contribution in [2.75, 3.05) is 39.8 Å². The number of carbonyl (C=O) groups excluding carboxylic acids is 1. The van der Waals surface area contributed by atoms with Crippen LogP contribution < -0.4 is 5.32 Å². The number of nitrogens with zero attached hydrogens (tertiary/aromatic N) is 3. The summed E-state index contributed by atoms with van der Waals surface area (Å²) in [4.78, 5) is 21.2. The molecular weight excluding hydrogens is 352 g/mol. The Hall–Kier alpha value is -2.08. The minimum atomic E-state index is -0.0518. The van der Waals surface area contributed by atoms with E-state index in [1.165, 1.54) is 11.1 Å². The molecular formula is C22H34N4O2. The van der Waals surface area contributed by atoms with Gasteiger partial charge in [0.15, 0.2) is 5.96 Å². The monoisotopic (exact) mass is 386 g/mol. The highest BCUT2D eigenvalue weighted by Crippen LogP contribution is 2.21. The van der Waals surface area contributed by atoms with Gasteiger partial charge in [0.1, 0.15) is 0 Å². The molecule has 6 nitrogen and oxygen atoms in total. The van der Waals surface area contributed by atoms with E-state index < -0.39 is 0 Å².